The molecular formula is C13H14Cl2N2O3. The Labute approximate surface area is 127 Å². The lowest BCUT2D eigenvalue weighted by Crippen LogP contribution is -2.10. The topological polar surface area (TPSA) is 76.2 Å². The van der Waals surface area contributed by atoms with E-state index in [1.165, 1.54) is 12.1 Å². The molecule has 0 heterocycles. The SMILES string of the molecule is CC(C)(C#N)CCCOc1c(Cl)cc([N+](=O)[O-])cc1Cl. The number of benzene rings is 1. The van der Waals surface area contributed by atoms with Crippen molar-refractivity contribution in [3.05, 3.63) is 32.3 Å². The summed E-state index contributed by atoms with van der Waals surface area (Å²) in [7, 11) is 0. The van der Waals surface area contributed by atoms with Gasteiger partial charge in [-0.3, -0.25) is 10.1 Å². The number of hydrogen-bond donors (Lipinski definition) is 0. The summed E-state index contributed by atoms with van der Waals surface area (Å²) in [5.41, 5.74) is -0.593. The van der Waals surface area contributed by atoms with Crippen molar-refractivity contribution in [2.75, 3.05) is 6.61 Å². The Morgan fingerprint density at radius 2 is 1.95 bits per heavy atom. The molecule has 1 aromatic rings. The van der Waals surface area contributed by atoms with E-state index in [9.17, 15) is 10.1 Å². The van der Waals surface area contributed by atoms with Crippen LogP contribution >= 0.6 is 23.2 Å². The van der Waals surface area contributed by atoms with Gasteiger partial charge < -0.3 is 4.74 Å². The van der Waals surface area contributed by atoms with Crippen molar-refractivity contribution in [2.45, 2.75) is 26.7 Å². The number of halogens is 2. The van der Waals surface area contributed by atoms with Gasteiger partial charge in [-0.05, 0) is 26.7 Å². The van der Waals surface area contributed by atoms with Crippen LogP contribution in [-0.4, -0.2) is 11.5 Å². The van der Waals surface area contributed by atoms with Crippen LogP contribution in [-0.2, 0) is 0 Å². The van der Waals surface area contributed by atoms with Crippen LogP contribution in [0.25, 0.3) is 0 Å². The van der Waals surface area contributed by atoms with Gasteiger partial charge in [-0.1, -0.05) is 23.2 Å². The Morgan fingerprint density at radius 3 is 2.40 bits per heavy atom. The highest BCUT2D eigenvalue weighted by atomic mass is 35.5. The number of nitro benzene ring substituents is 1. The van der Waals surface area contributed by atoms with E-state index in [-0.39, 0.29) is 21.5 Å². The third-order valence-electron chi connectivity index (χ3n) is 2.69. The largest absolute Gasteiger partial charge is 0.490 e. The summed E-state index contributed by atoms with van der Waals surface area (Å²) >= 11 is 11.8. The molecule has 0 spiro atoms. The van der Waals surface area contributed by atoms with E-state index < -0.39 is 10.3 Å². The van der Waals surface area contributed by atoms with Crippen LogP contribution < -0.4 is 4.74 Å². The molecule has 5 nitrogen and oxygen atoms in total. The van der Waals surface area contributed by atoms with E-state index in [0.717, 1.165) is 0 Å². The number of hydrogen-bond acceptors (Lipinski definition) is 4. The lowest BCUT2D eigenvalue weighted by Gasteiger charge is -2.15. The third kappa shape index (κ3) is 4.55. The zero-order valence-corrected chi connectivity index (χ0v) is 12.7. The van der Waals surface area contributed by atoms with Crippen molar-refractivity contribution in [1.82, 2.24) is 0 Å². The van der Waals surface area contributed by atoms with Crippen LogP contribution in [0.5, 0.6) is 5.75 Å². The minimum atomic E-state index is -0.572. The van der Waals surface area contributed by atoms with E-state index in [1.807, 2.05) is 13.8 Å². The van der Waals surface area contributed by atoms with Crippen LogP contribution in [0.3, 0.4) is 0 Å². The predicted molar refractivity (Wildman–Crippen MR) is 77.2 cm³/mol. The predicted octanol–water partition coefficient (Wildman–Crippen LogP) is 4.61. The molecule has 0 bridgehead atoms. The molecule has 0 aromatic heterocycles. The van der Waals surface area contributed by atoms with Crippen molar-refractivity contribution >= 4 is 28.9 Å². The normalized spacial score (nSPS) is 10.9. The van der Waals surface area contributed by atoms with Gasteiger partial charge in [0.15, 0.2) is 5.75 Å². The number of nitriles is 1. The van der Waals surface area contributed by atoms with E-state index in [2.05, 4.69) is 6.07 Å². The molecule has 0 N–H and O–H groups in total. The second-order valence-corrected chi connectivity index (χ2v) is 5.76. The number of nitrogens with zero attached hydrogens (tertiary/aromatic N) is 2. The molecule has 0 aliphatic carbocycles. The third-order valence-corrected chi connectivity index (χ3v) is 3.25. The molecule has 0 saturated carbocycles. The van der Waals surface area contributed by atoms with Gasteiger partial charge in [0.25, 0.3) is 5.69 Å². The lowest BCUT2D eigenvalue weighted by molar-refractivity contribution is -0.384. The first-order valence-corrected chi connectivity index (χ1v) is 6.70. The van der Waals surface area contributed by atoms with Gasteiger partial charge in [-0.15, -0.1) is 0 Å². The second-order valence-electron chi connectivity index (χ2n) is 4.94. The fourth-order valence-corrected chi connectivity index (χ4v) is 2.12. The fourth-order valence-electron chi connectivity index (χ4n) is 1.53. The number of rotatable bonds is 6. The molecule has 1 rings (SSSR count). The second kappa shape index (κ2) is 6.78. The number of nitro groups is 1. The highest BCUT2D eigenvalue weighted by Gasteiger charge is 2.18. The summed E-state index contributed by atoms with van der Waals surface area (Å²) in [6, 6.07) is 4.59. The summed E-state index contributed by atoms with van der Waals surface area (Å²) < 4.78 is 5.45. The Hall–Kier alpha value is -1.51. The van der Waals surface area contributed by atoms with Gasteiger partial charge in [0.1, 0.15) is 0 Å². The molecule has 108 valence electrons. The summed E-state index contributed by atoms with van der Waals surface area (Å²) in [5.74, 6) is 0.230. The molecule has 0 radical (unpaired) electrons. The maximum atomic E-state index is 10.6. The Bertz CT molecular complexity index is 530. The first-order valence-electron chi connectivity index (χ1n) is 5.94. The van der Waals surface area contributed by atoms with Gasteiger partial charge in [0.05, 0.1) is 33.1 Å². The quantitative estimate of drug-likeness (QED) is 0.436. The lowest BCUT2D eigenvalue weighted by atomic mass is 9.90. The molecular weight excluding hydrogens is 303 g/mol. The molecule has 1 aromatic carbocycles. The van der Waals surface area contributed by atoms with Crippen molar-refractivity contribution in [1.29, 1.82) is 5.26 Å². The Balaban J connectivity index is 2.66. The van der Waals surface area contributed by atoms with Crippen LogP contribution in [0.2, 0.25) is 10.0 Å². The average molecular weight is 317 g/mol. The highest BCUT2D eigenvalue weighted by molar-refractivity contribution is 6.37. The molecule has 0 fully saturated rings. The standard InChI is InChI=1S/C13H14Cl2N2O3/c1-13(2,8-16)4-3-5-20-12-10(14)6-9(17(18)19)7-11(12)15/h6-7H,3-5H2,1-2H3. The minimum Gasteiger partial charge on any atom is -0.490 e. The van der Waals surface area contributed by atoms with Crippen molar-refractivity contribution in [2.24, 2.45) is 5.41 Å². The first-order chi connectivity index (χ1) is 9.26. The molecule has 0 atom stereocenters. The van der Waals surface area contributed by atoms with Gasteiger partial charge in [0.2, 0.25) is 0 Å². The monoisotopic (exact) mass is 316 g/mol. The fraction of sp³-hybridized carbons (Fsp3) is 0.462. The summed E-state index contributed by atoms with van der Waals surface area (Å²) in [5, 5.41) is 19.7. The zero-order valence-electron chi connectivity index (χ0n) is 11.2. The van der Waals surface area contributed by atoms with Crippen LogP contribution in [0.15, 0.2) is 12.1 Å². The molecule has 20 heavy (non-hydrogen) atoms. The van der Waals surface area contributed by atoms with Crippen LogP contribution in [0, 0.1) is 26.9 Å². The molecule has 0 aliphatic rings. The van der Waals surface area contributed by atoms with Crippen LogP contribution in [0.4, 0.5) is 5.69 Å². The van der Waals surface area contributed by atoms with Crippen molar-refractivity contribution in [3.8, 4) is 11.8 Å². The Morgan fingerprint density at radius 1 is 1.40 bits per heavy atom. The summed E-state index contributed by atoms with van der Waals surface area (Å²) in [6.45, 7) is 4.03. The molecule has 0 saturated heterocycles. The maximum Gasteiger partial charge on any atom is 0.272 e. The molecule has 0 unspecified atom stereocenters. The average Bonchev–Trinajstić information content (AvgIpc) is 2.36. The number of ether oxygens (including phenoxy) is 1. The van der Waals surface area contributed by atoms with Gasteiger partial charge in [-0.25, -0.2) is 0 Å². The first kappa shape index (κ1) is 16.5. The zero-order chi connectivity index (χ0) is 15.3. The van der Waals surface area contributed by atoms with Gasteiger partial charge in [-0.2, -0.15) is 5.26 Å². The van der Waals surface area contributed by atoms with E-state index >= 15 is 0 Å². The Kier molecular flexibility index (Phi) is 5.61. The maximum absolute atomic E-state index is 10.6. The van der Waals surface area contributed by atoms with E-state index in [1.54, 1.807) is 0 Å². The van der Waals surface area contributed by atoms with Gasteiger partial charge in [0, 0.05) is 12.1 Å². The molecule has 0 amide bonds. The molecule has 0 aliphatic heterocycles. The highest BCUT2D eigenvalue weighted by Crippen LogP contribution is 2.37. The smallest absolute Gasteiger partial charge is 0.272 e. The molecule has 7 heteroatoms. The summed E-state index contributed by atoms with van der Waals surface area (Å²) in [6.07, 6.45) is 1.33. The number of non-ortho nitro benzene ring substituents is 1. The van der Waals surface area contributed by atoms with Crippen molar-refractivity contribution in [3.63, 3.8) is 0 Å². The van der Waals surface area contributed by atoms with E-state index in [4.69, 9.17) is 33.2 Å². The minimum absolute atomic E-state index is 0.101. The summed E-state index contributed by atoms with van der Waals surface area (Å²) in [4.78, 5) is 10.1. The van der Waals surface area contributed by atoms with Crippen molar-refractivity contribution < 1.29 is 9.66 Å². The van der Waals surface area contributed by atoms with Gasteiger partial charge >= 0.3 is 0 Å². The van der Waals surface area contributed by atoms with Crippen LogP contribution in [0.1, 0.15) is 26.7 Å². The van der Waals surface area contributed by atoms with E-state index in [0.29, 0.717) is 19.4 Å².